The van der Waals surface area contributed by atoms with Crippen LogP contribution in [0.2, 0.25) is 15.2 Å². The summed E-state index contributed by atoms with van der Waals surface area (Å²) in [7, 11) is 0. The van der Waals surface area contributed by atoms with Crippen LogP contribution in [-0.2, 0) is 0 Å². The Balaban J connectivity index is 2.18. The highest BCUT2D eigenvalue weighted by Crippen LogP contribution is 2.26. The lowest BCUT2D eigenvalue weighted by molar-refractivity contribution is 0.0939. The predicted octanol–water partition coefficient (Wildman–Crippen LogP) is 5.30. The van der Waals surface area contributed by atoms with Crippen molar-refractivity contribution in [1.82, 2.24) is 10.3 Å². The van der Waals surface area contributed by atoms with E-state index in [2.05, 4.69) is 26.2 Å². The van der Waals surface area contributed by atoms with Crippen LogP contribution in [0.25, 0.3) is 0 Å². The largest absolute Gasteiger partial charge is 0.345 e. The summed E-state index contributed by atoms with van der Waals surface area (Å²) in [6, 6.07) is 6.58. The number of carbonyl (C=O) groups excluding carboxylic acids is 1. The van der Waals surface area contributed by atoms with Gasteiger partial charge in [0.2, 0.25) is 0 Å². The maximum Gasteiger partial charge on any atom is 0.254 e. The van der Waals surface area contributed by atoms with Gasteiger partial charge in [-0.15, -0.1) is 0 Å². The van der Waals surface area contributed by atoms with E-state index in [4.69, 9.17) is 34.8 Å². The van der Waals surface area contributed by atoms with E-state index in [1.807, 2.05) is 6.92 Å². The molecule has 2 rings (SSSR count). The molecule has 1 unspecified atom stereocenters. The Labute approximate surface area is 145 Å². The molecule has 1 heterocycles. The molecule has 3 nitrogen and oxygen atoms in total. The Morgan fingerprint density at radius 3 is 2.62 bits per heavy atom. The molecule has 0 saturated carbocycles. The number of nitrogens with zero attached hydrogens (tertiary/aromatic N) is 1. The number of hydrogen-bond donors (Lipinski definition) is 1. The fraction of sp³-hybridized carbons (Fsp3) is 0.143. The Kier molecular flexibility index (Phi) is 5.49. The molecule has 0 aliphatic carbocycles. The molecule has 7 heteroatoms. The zero-order chi connectivity index (χ0) is 15.6. The van der Waals surface area contributed by atoms with Crippen molar-refractivity contribution in [2.24, 2.45) is 0 Å². The average Bonchev–Trinajstić information content (AvgIpc) is 2.44. The predicted molar refractivity (Wildman–Crippen MR) is 89.3 cm³/mol. The second-order valence-electron chi connectivity index (χ2n) is 4.36. The molecule has 1 N–H and O–H groups in total. The molecule has 0 fully saturated rings. The van der Waals surface area contributed by atoms with Crippen molar-refractivity contribution in [3.05, 3.63) is 61.3 Å². The number of nitrogens with one attached hydrogen (secondary N) is 1. The lowest BCUT2D eigenvalue weighted by atomic mass is 10.1. The molecule has 1 aromatic carbocycles. The summed E-state index contributed by atoms with van der Waals surface area (Å²) in [5.41, 5.74) is 1.15. The summed E-state index contributed by atoms with van der Waals surface area (Å²) in [6.45, 7) is 1.84. The van der Waals surface area contributed by atoms with Crippen molar-refractivity contribution >= 4 is 56.6 Å². The van der Waals surface area contributed by atoms with Crippen LogP contribution in [0.4, 0.5) is 0 Å². The third-order valence-electron chi connectivity index (χ3n) is 2.84. The minimum Gasteiger partial charge on any atom is -0.345 e. The van der Waals surface area contributed by atoms with Crippen molar-refractivity contribution in [3.8, 4) is 0 Å². The summed E-state index contributed by atoms with van der Waals surface area (Å²) in [5.74, 6) is -0.313. The van der Waals surface area contributed by atoms with Gasteiger partial charge in [0.05, 0.1) is 21.7 Å². The standard InChI is InChI=1S/C14H10BrCl3N2O/c1-7(8-2-3-11(16)12(17)4-8)20-14(21)10-5-9(15)6-19-13(10)18/h2-7H,1H3,(H,20,21). The molecule has 1 aromatic heterocycles. The van der Waals surface area contributed by atoms with Gasteiger partial charge in [-0.2, -0.15) is 0 Å². The van der Waals surface area contributed by atoms with Gasteiger partial charge in [0, 0.05) is 10.7 Å². The minimum atomic E-state index is -0.313. The van der Waals surface area contributed by atoms with Gasteiger partial charge in [-0.1, -0.05) is 40.9 Å². The molecule has 1 amide bonds. The first-order chi connectivity index (χ1) is 9.88. The second-order valence-corrected chi connectivity index (χ2v) is 6.45. The van der Waals surface area contributed by atoms with Gasteiger partial charge in [-0.25, -0.2) is 4.98 Å². The van der Waals surface area contributed by atoms with Crippen LogP contribution >= 0.6 is 50.7 Å². The van der Waals surface area contributed by atoms with Crippen molar-refractivity contribution in [2.75, 3.05) is 0 Å². The van der Waals surface area contributed by atoms with E-state index in [1.165, 1.54) is 6.20 Å². The quantitative estimate of drug-likeness (QED) is 0.701. The summed E-state index contributed by atoms with van der Waals surface area (Å²) in [6.07, 6.45) is 1.53. The normalized spacial score (nSPS) is 12.0. The monoisotopic (exact) mass is 406 g/mol. The number of aromatic nitrogens is 1. The van der Waals surface area contributed by atoms with E-state index in [0.29, 0.717) is 20.1 Å². The molecule has 0 saturated heterocycles. The van der Waals surface area contributed by atoms with Crippen LogP contribution in [0.3, 0.4) is 0 Å². The third kappa shape index (κ3) is 4.10. The van der Waals surface area contributed by atoms with E-state index in [1.54, 1.807) is 24.3 Å². The van der Waals surface area contributed by atoms with E-state index < -0.39 is 0 Å². The van der Waals surface area contributed by atoms with Gasteiger partial charge in [0.25, 0.3) is 5.91 Å². The lowest BCUT2D eigenvalue weighted by Crippen LogP contribution is -2.27. The fourth-order valence-electron chi connectivity index (χ4n) is 1.72. The molecule has 0 aliphatic heterocycles. The average molecular weight is 409 g/mol. The highest BCUT2D eigenvalue weighted by Gasteiger charge is 2.16. The van der Waals surface area contributed by atoms with Crippen molar-refractivity contribution < 1.29 is 4.79 Å². The maximum atomic E-state index is 12.2. The van der Waals surface area contributed by atoms with Gasteiger partial charge in [0.1, 0.15) is 5.15 Å². The maximum absolute atomic E-state index is 12.2. The Bertz CT molecular complexity index is 694. The summed E-state index contributed by atoms with van der Waals surface area (Å²) >= 11 is 21.0. The highest BCUT2D eigenvalue weighted by atomic mass is 79.9. The first kappa shape index (κ1) is 16.6. The Morgan fingerprint density at radius 1 is 1.24 bits per heavy atom. The minimum absolute atomic E-state index is 0.150. The number of rotatable bonds is 3. The number of hydrogen-bond acceptors (Lipinski definition) is 2. The zero-order valence-electron chi connectivity index (χ0n) is 10.8. The molecular weight excluding hydrogens is 398 g/mol. The summed E-state index contributed by atoms with van der Waals surface area (Å²) in [5, 5.41) is 3.90. The Hall–Kier alpha value is -0.810. The van der Waals surface area contributed by atoms with Crippen LogP contribution in [0, 0.1) is 0 Å². The number of amides is 1. The smallest absolute Gasteiger partial charge is 0.254 e. The van der Waals surface area contributed by atoms with Gasteiger partial charge in [0.15, 0.2) is 0 Å². The van der Waals surface area contributed by atoms with Crippen molar-refractivity contribution in [1.29, 1.82) is 0 Å². The van der Waals surface area contributed by atoms with Gasteiger partial charge in [-0.3, -0.25) is 4.79 Å². The van der Waals surface area contributed by atoms with Gasteiger partial charge in [-0.05, 0) is 46.6 Å². The van der Waals surface area contributed by atoms with E-state index in [9.17, 15) is 4.79 Å². The van der Waals surface area contributed by atoms with Crippen LogP contribution in [0.15, 0.2) is 34.9 Å². The Morgan fingerprint density at radius 2 is 1.95 bits per heavy atom. The summed E-state index contributed by atoms with van der Waals surface area (Å²) in [4.78, 5) is 16.2. The number of carbonyl (C=O) groups is 1. The van der Waals surface area contributed by atoms with Crippen LogP contribution in [0.5, 0.6) is 0 Å². The van der Waals surface area contributed by atoms with Crippen LogP contribution < -0.4 is 5.32 Å². The number of benzene rings is 1. The van der Waals surface area contributed by atoms with Gasteiger partial charge < -0.3 is 5.32 Å². The first-order valence-corrected chi connectivity index (χ1v) is 7.88. The molecular formula is C14H10BrCl3N2O. The van der Waals surface area contributed by atoms with E-state index >= 15 is 0 Å². The molecule has 110 valence electrons. The zero-order valence-corrected chi connectivity index (χ0v) is 14.7. The molecule has 2 aromatic rings. The second kappa shape index (κ2) is 6.97. The van der Waals surface area contributed by atoms with Gasteiger partial charge >= 0.3 is 0 Å². The lowest BCUT2D eigenvalue weighted by Gasteiger charge is -2.15. The molecule has 1 atom stereocenters. The van der Waals surface area contributed by atoms with Crippen molar-refractivity contribution in [2.45, 2.75) is 13.0 Å². The third-order valence-corrected chi connectivity index (χ3v) is 4.32. The molecule has 0 spiro atoms. The molecule has 0 aliphatic rings. The van der Waals surface area contributed by atoms with Crippen LogP contribution in [0.1, 0.15) is 28.9 Å². The first-order valence-electron chi connectivity index (χ1n) is 5.95. The topological polar surface area (TPSA) is 42.0 Å². The fourth-order valence-corrected chi connectivity index (χ4v) is 2.55. The molecule has 0 radical (unpaired) electrons. The number of pyridine rings is 1. The molecule has 21 heavy (non-hydrogen) atoms. The van der Waals surface area contributed by atoms with E-state index in [-0.39, 0.29) is 17.1 Å². The molecule has 0 bridgehead atoms. The van der Waals surface area contributed by atoms with E-state index in [0.717, 1.165) is 5.56 Å². The van der Waals surface area contributed by atoms with Crippen molar-refractivity contribution in [3.63, 3.8) is 0 Å². The highest BCUT2D eigenvalue weighted by molar-refractivity contribution is 9.10. The number of halogens is 4. The van der Waals surface area contributed by atoms with Crippen LogP contribution in [-0.4, -0.2) is 10.9 Å². The summed E-state index contributed by atoms with van der Waals surface area (Å²) < 4.78 is 0.680. The SMILES string of the molecule is CC(NC(=O)c1cc(Br)cnc1Cl)c1ccc(Cl)c(Cl)c1.